The third kappa shape index (κ3) is 4.44. The molecule has 4 aromatic rings. The van der Waals surface area contributed by atoms with Crippen LogP contribution < -0.4 is 10.9 Å². The maximum Gasteiger partial charge on any atom is 0.279 e. The Hall–Kier alpha value is -3.85. The summed E-state index contributed by atoms with van der Waals surface area (Å²) in [6, 6.07) is 12.3. The number of hydrogen-bond donors (Lipinski definition) is 2. The van der Waals surface area contributed by atoms with Crippen LogP contribution in [0.1, 0.15) is 55.0 Å². The molecule has 2 aromatic heterocycles. The number of hydrogen-bond acceptors (Lipinski definition) is 5. The Labute approximate surface area is 213 Å². The van der Waals surface area contributed by atoms with Crippen molar-refractivity contribution in [1.82, 2.24) is 19.2 Å². The van der Waals surface area contributed by atoms with Gasteiger partial charge >= 0.3 is 0 Å². The van der Waals surface area contributed by atoms with Gasteiger partial charge in [0.1, 0.15) is 12.4 Å². The Morgan fingerprint density at radius 1 is 1.16 bits per heavy atom. The van der Waals surface area contributed by atoms with Gasteiger partial charge in [0.15, 0.2) is 5.82 Å². The van der Waals surface area contributed by atoms with Crippen molar-refractivity contribution in [1.29, 1.82) is 0 Å². The molecule has 2 aromatic carbocycles. The molecule has 2 heterocycles. The summed E-state index contributed by atoms with van der Waals surface area (Å²) in [7, 11) is 0. The second kappa shape index (κ2) is 9.23. The highest BCUT2D eigenvalue weighted by Crippen LogP contribution is 2.47. The van der Waals surface area contributed by atoms with Crippen molar-refractivity contribution in [3.63, 3.8) is 0 Å². The number of aromatic nitrogens is 4. The van der Waals surface area contributed by atoms with Gasteiger partial charge in [-0.1, -0.05) is 44.2 Å². The molecule has 0 atom stereocenters. The lowest BCUT2D eigenvalue weighted by atomic mass is 9.96. The first-order chi connectivity index (χ1) is 17.6. The van der Waals surface area contributed by atoms with Crippen molar-refractivity contribution in [2.24, 2.45) is 0 Å². The van der Waals surface area contributed by atoms with E-state index in [1.807, 2.05) is 38.1 Å². The van der Waals surface area contributed by atoms with Crippen LogP contribution in [0.3, 0.4) is 0 Å². The quantitative estimate of drug-likeness (QED) is 0.395. The molecule has 0 unspecified atom stereocenters. The van der Waals surface area contributed by atoms with Gasteiger partial charge in [-0.25, -0.2) is 4.39 Å². The van der Waals surface area contributed by atoms with Gasteiger partial charge in [-0.2, -0.15) is 9.50 Å². The minimum atomic E-state index is -0.514. The number of nitrogens with zero attached hydrogens (tertiary/aromatic N) is 4. The molecule has 0 bridgehead atoms. The van der Waals surface area contributed by atoms with E-state index in [4.69, 9.17) is 0 Å². The number of carbonyl (C=O) groups excluding carboxylic acids is 1. The molecule has 1 saturated carbocycles. The van der Waals surface area contributed by atoms with E-state index < -0.39 is 11.7 Å². The number of fused-ring (bicyclic) bond motifs is 1. The number of aliphatic hydroxyl groups excluding tert-OH is 1. The van der Waals surface area contributed by atoms with Gasteiger partial charge in [0.05, 0.1) is 12.3 Å². The van der Waals surface area contributed by atoms with Crippen LogP contribution in [0.2, 0.25) is 0 Å². The average Bonchev–Trinajstić information content (AvgIpc) is 3.54. The molecule has 37 heavy (non-hydrogen) atoms. The normalized spacial score (nSPS) is 14.4. The number of aliphatic hydroxyl groups is 1. The molecule has 9 heteroatoms. The van der Waals surface area contributed by atoms with Gasteiger partial charge in [-0.05, 0) is 55.9 Å². The van der Waals surface area contributed by atoms with E-state index in [0.29, 0.717) is 17.1 Å². The van der Waals surface area contributed by atoms with Gasteiger partial charge in [-0.3, -0.25) is 9.59 Å². The van der Waals surface area contributed by atoms with E-state index in [1.54, 1.807) is 24.5 Å². The van der Waals surface area contributed by atoms with Crippen LogP contribution in [0.15, 0.2) is 47.3 Å². The van der Waals surface area contributed by atoms with Gasteiger partial charge in [0.25, 0.3) is 5.56 Å². The third-order valence-corrected chi connectivity index (χ3v) is 7.24. The topological polar surface area (TPSA) is 102 Å². The molecule has 0 saturated heterocycles. The third-order valence-electron chi connectivity index (χ3n) is 7.24. The minimum absolute atomic E-state index is 0.0907. The first kappa shape index (κ1) is 24.8. The number of rotatable bonds is 7. The lowest BCUT2D eigenvalue weighted by molar-refractivity contribution is -0.116. The Balaban J connectivity index is 1.54. The summed E-state index contributed by atoms with van der Waals surface area (Å²) < 4.78 is 17.2. The molecule has 1 amide bonds. The zero-order chi connectivity index (χ0) is 26.5. The van der Waals surface area contributed by atoms with Crippen LogP contribution in [-0.2, 0) is 16.8 Å². The number of nitrogens with one attached hydrogen (secondary N) is 1. The summed E-state index contributed by atoms with van der Waals surface area (Å²) in [5, 5.41) is 16.8. The van der Waals surface area contributed by atoms with Crippen LogP contribution in [0.5, 0.6) is 0 Å². The number of benzene rings is 2. The summed E-state index contributed by atoms with van der Waals surface area (Å²) in [5.41, 5.74) is 3.35. The first-order valence-electron chi connectivity index (χ1n) is 12.4. The molecule has 1 aliphatic carbocycles. The lowest BCUT2D eigenvalue weighted by Crippen LogP contribution is -2.30. The smallest absolute Gasteiger partial charge is 0.279 e. The van der Waals surface area contributed by atoms with Crippen molar-refractivity contribution in [2.45, 2.75) is 58.4 Å². The standard InChI is InChI=1S/C28H30FN5O3/c1-16(2)24-18(4)33(14-23(36)30-22-10-5-17(3)13-21(22)29)27-31-25(32-34(27)26(24)37)19-6-8-20(9-7-19)28(15-35)11-12-28/h5-10,13,16,35H,11-12,14-15H2,1-4H3,(H,30,36). The largest absolute Gasteiger partial charge is 0.395 e. The molecule has 2 N–H and O–H groups in total. The second-order valence-corrected chi connectivity index (χ2v) is 10.2. The Morgan fingerprint density at radius 3 is 2.46 bits per heavy atom. The predicted octanol–water partition coefficient (Wildman–Crippen LogP) is 4.10. The fourth-order valence-electron chi connectivity index (χ4n) is 4.87. The molecule has 5 rings (SSSR count). The van der Waals surface area contributed by atoms with Gasteiger partial charge < -0.3 is 15.0 Å². The number of amides is 1. The first-order valence-corrected chi connectivity index (χ1v) is 12.4. The van der Waals surface area contributed by atoms with Crippen molar-refractivity contribution in [3.05, 3.63) is 81.0 Å². The van der Waals surface area contributed by atoms with Crippen molar-refractivity contribution >= 4 is 17.4 Å². The summed E-state index contributed by atoms with van der Waals surface area (Å²) in [6.07, 6.45) is 1.92. The molecule has 0 radical (unpaired) electrons. The molecular weight excluding hydrogens is 473 g/mol. The fraction of sp³-hybridized carbons (Fsp3) is 0.357. The lowest BCUT2D eigenvalue weighted by Gasteiger charge is -2.17. The highest BCUT2D eigenvalue weighted by molar-refractivity contribution is 5.91. The van der Waals surface area contributed by atoms with Crippen molar-refractivity contribution in [3.8, 4) is 11.4 Å². The molecular formula is C28H30FN5O3. The summed E-state index contributed by atoms with van der Waals surface area (Å²) in [4.78, 5) is 30.9. The predicted molar refractivity (Wildman–Crippen MR) is 139 cm³/mol. The number of carbonyl (C=O) groups is 1. The SMILES string of the molecule is Cc1ccc(NC(=O)Cn2c(C)c(C(C)C)c(=O)n3nc(-c4ccc(C5(CO)CC5)cc4)nc23)c(F)c1. The Morgan fingerprint density at radius 2 is 1.86 bits per heavy atom. The van der Waals surface area contributed by atoms with E-state index in [9.17, 15) is 19.1 Å². The average molecular weight is 504 g/mol. The van der Waals surface area contributed by atoms with E-state index in [2.05, 4.69) is 15.4 Å². The van der Waals surface area contributed by atoms with Crippen LogP contribution in [-0.4, -0.2) is 36.8 Å². The van der Waals surface area contributed by atoms with Crippen molar-refractivity contribution in [2.75, 3.05) is 11.9 Å². The van der Waals surface area contributed by atoms with Crippen molar-refractivity contribution < 1.29 is 14.3 Å². The maximum absolute atomic E-state index is 14.3. The molecule has 0 spiro atoms. The van der Waals surface area contributed by atoms with E-state index >= 15 is 0 Å². The summed E-state index contributed by atoms with van der Waals surface area (Å²) >= 11 is 0. The molecule has 0 aliphatic heterocycles. The van der Waals surface area contributed by atoms with E-state index in [1.165, 1.54) is 16.6 Å². The number of halogens is 1. The van der Waals surface area contributed by atoms with Crippen LogP contribution in [0, 0.1) is 19.7 Å². The van der Waals surface area contributed by atoms with Gasteiger partial charge in [-0.15, -0.1) is 5.10 Å². The maximum atomic E-state index is 14.3. The van der Waals surface area contributed by atoms with E-state index in [-0.39, 0.29) is 41.5 Å². The summed E-state index contributed by atoms with van der Waals surface area (Å²) in [6.45, 7) is 7.32. The second-order valence-electron chi connectivity index (χ2n) is 10.2. The van der Waals surface area contributed by atoms with Crippen LogP contribution in [0.4, 0.5) is 10.1 Å². The highest BCUT2D eigenvalue weighted by Gasteiger charge is 2.43. The van der Waals surface area contributed by atoms with Gasteiger partial charge in [0.2, 0.25) is 11.7 Å². The monoisotopic (exact) mass is 503 g/mol. The van der Waals surface area contributed by atoms with Gasteiger partial charge in [0, 0.05) is 22.2 Å². The zero-order valence-corrected chi connectivity index (χ0v) is 21.4. The molecule has 1 aliphatic rings. The molecule has 8 nitrogen and oxygen atoms in total. The summed E-state index contributed by atoms with van der Waals surface area (Å²) in [5.74, 6) is -0.476. The fourth-order valence-corrected chi connectivity index (χ4v) is 4.87. The molecule has 192 valence electrons. The zero-order valence-electron chi connectivity index (χ0n) is 21.4. The van der Waals surface area contributed by atoms with E-state index in [0.717, 1.165) is 29.5 Å². The molecule has 1 fully saturated rings. The van der Waals surface area contributed by atoms with Crippen LogP contribution >= 0.6 is 0 Å². The minimum Gasteiger partial charge on any atom is -0.395 e. The highest BCUT2D eigenvalue weighted by atomic mass is 19.1. The Kier molecular flexibility index (Phi) is 6.19. The Bertz CT molecular complexity index is 1570. The van der Waals surface area contributed by atoms with Crippen LogP contribution in [0.25, 0.3) is 17.2 Å². The number of anilines is 1. The number of aryl methyl sites for hydroxylation is 1.